The van der Waals surface area contributed by atoms with E-state index in [0.29, 0.717) is 11.3 Å². The second kappa shape index (κ2) is 8.06. The van der Waals surface area contributed by atoms with Gasteiger partial charge in [-0.25, -0.2) is 9.98 Å². The average molecular weight is 342 g/mol. The Kier molecular flexibility index (Phi) is 6.37. The standard InChI is InChI=1S/C15H27N5S2/c1-5-16-13(18-11-15(2)7-6-8-22-15)17-9-12-10-21-14(19-12)20(3)4/h10H,5-9,11H2,1-4H3,(H2,16,17,18). The molecule has 5 nitrogen and oxygen atoms in total. The summed E-state index contributed by atoms with van der Waals surface area (Å²) >= 11 is 3.72. The third-order valence-electron chi connectivity index (χ3n) is 3.60. The molecule has 2 rings (SSSR count). The molecular formula is C15H27N5S2. The third-order valence-corrected chi connectivity index (χ3v) is 6.19. The quantitative estimate of drug-likeness (QED) is 0.615. The van der Waals surface area contributed by atoms with Crippen LogP contribution in [0.4, 0.5) is 5.13 Å². The van der Waals surface area contributed by atoms with E-state index in [9.17, 15) is 0 Å². The van der Waals surface area contributed by atoms with Crippen molar-refractivity contribution in [2.24, 2.45) is 4.99 Å². The molecule has 1 aromatic heterocycles. The van der Waals surface area contributed by atoms with Gasteiger partial charge >= 0.3 is 0 Å². The molecule has 1 saturated heterocycles. The van der Waals surface area contributed by atoms with Crippen molar-refractivity contribution < 1.29 is 0 Å². The van der Waals surface area contributed by atoms with E-state index in [-0.39, 0.29) is 0 Å². The van der Waals surface area contributed by atoms with Crippen LogP contribution in [0.2, 0.25) is 0 Å². The van der Waals surface area contributed by atoms with E-state index in [1.807, 2.05) is 19.0 Å². The van der Waals surface area contributed by atoms with Crippen molar-refractivity contribution >= 4 is 34.2 Å². The number of aliphatic imine (C=N–C) groups is 1. The van der Waals surface area contributed by atoms with Crippen LogP contribution in [0.3, 0.4) is 0 Å². The maximum absolute atomic E-state index is 4.66. The monoisotopic (exact) mass is 341 g/mol. The van der Waals surface area contributed by atoms with E-state index in [0.717, 1.165) is 29.9 Å². The zero-order valence-corrected chi connectivity index (χ0v) is 15.6. The summed E-state index contributed by atoms with van der Waals surface area (Å²) in [6.07, 6.45) is 2.60. The summed E-state index contributed by atoms with van der Waals surface area (Å²) < 4.78 is 0.342. The highest BCUT2D eigenvalue weighted by molar-refractivity contribution is 8.00. The fraction of sp³-hybridized carbons (Fsp3) is 0.733. The predicted molar refractivity (Wildman–Crippen MR) is 99.4 cm³/mol. The second-order valence-corrected chi connectivity index (χ2v) is 8.49. The number of thioether (sulfide) groups is 1. The van der Waals surface area contributed by atoms with Gasteiger partial charge in [0.15, 0.2) is 11.1 Å². The molecule has 2 N–H and O–H groups in total. The summed E-state index contributed by atoms with van der Waals surface area (Å²) in [7, 11) is 4.02. The minimum Gasteiger partial charge on any atom is -0.357 e. The minimum absolute atomic E-state index is 0.342. The fourth-order valence-electron chi connectivity index (χ4n) is 2.32. The molecule has 124 valence electrons. The van der Waals surface area contributed by atoms with Gasteiger partial charge in [-0.1, -0.05) is 0 Å². The zero-order chi connectivity index (χ0) is 16.0. The number of anilines is 1. The fourth-order valence-corrected chi connectivity index (χ4v) is 4.32. The predicted octanol–water partition coefficient (Wildman–Crippen LogP) is 2.55. The van der Waals surface area contributed by atoms with Gasteiger partial charge in [-0.3, -0.25) is 0 Å². The lowest BCUT2D eigenvalue weighted by atomic mass is 10.1. The Hall–Kier alpha value is -0.950. The van der Waals surface area contributed by atoms with Crippen LogP contribution in [-0.2, 0) is 6.54 Å². The molecular weight excluding hydrogens is 314 g/mol. The summed E-state index contributed by atoms with van der Waals surface area (Å²) in [6.45, 7) is 6.88. The van der Waals surface area contributed by atoms with Crippen molar-refractivity contribution in [3.05, 3.63) is 11.1 Å². The van der Waals surface area contributed by atoms with Crippen molar-refractivity contribution in [1.29, 1.82) is 0 Å². The highest BCUT2D eigenvalue weighted by Crippen LogP contribution is 2.36. The van der Waals surface area contributed by atoms with Gasteiger partial charge in [0.2, 0.25) is 0 Å². The molecule has 1 unspecified atom stereocenters. The van der Waals surface area contributed by atoms with Crippen LogP contribution in [0.5, 0.6) is 0 Å². The van der Waals surface area contributed by atoms with Crippen molar-refractivity contribution in [3.8, 4) is 0 Å². The van der Waals surface area contributed by atoms with Crippen LogP contribution in [0, 0.1) is 0 Å². The van der Waals surface area contributed by atoms with Crippen LogP contribution in [0.25, 0.3) is 0 Å². The Morgan fingerprint density at radius 2 is 2.27 bits per heavy atom. The summed E-state index contributed by atoms with van der Waals surface area (Å²) in [5.74, 6) is 2.16. The lowest BCUT2D eigenvalue weighted by Gasteiger charge is -2.24. The molecule has 0 saturated carbocycles. The van der Waals surface area contributed by atoms with Gasteiger partial charge in [0.25, 0.3) is 0 Å². The Morgan fingerprint density at radius 3 is 2.86 bits per heavy atom. The van der Waals surface area contributed by atoms with Gasteiger partial charge in [-0.15, -0.1) is 11.3 Å². The molecule has 0 amide bonds. The van der Waals surface area contributed by atoms with Crippen molar-refractivity contribution in [1.82, 2.24) is 15.6 Å². The Morgan fingerprint density at radius 1 is 1.45 bits per heavy atom. The molecule has 0 aliphatic carbocycles. The molecule has 1 aliphatic rings. The van der Waals surface area contributed by atoms with Crippen LogP contribution < -0.4 is 15.5 Å². The van der Waals surface area contributed by atoms with Gasteiger partial charge in [-0.2, -0.15) is 11.8 Å². The minimum atomic E-state index is 0.342. The molecule has 0 bridgehead atoms. The smallest absolute Gasteiger partial charge is 0.191 e. The van der Waals surface area contributed by atoms with Crippen molar-refractivity contribution in [2.45, 2.75) is 38.0 Å². The van der Waals surface area contributed by atoms with Crippen LogP contribution in [0.15, 0.2) is 10.4 Å². The number of thiazole rings is 1. The van der Waals surface area contributed by atoms with E-state index >= 15 is 0 Å². The summed E-state index contributed by atoms with van der Waals surface area (Å²) in [4.78, 5) is 11.3. The molecule has 1 atom stereocenters. The highest BCUT2D eigenvalue weighted by Gasteiger charge is 2.29. The number of rotatable bonds is 6. The maximum Gasteiger partial charge on any atom is 0.191 e. The van der Waals surface area contributed by atoms with Crippen LogP contribution in [-0.4, -0.2) is 48.6 Å². The van der Waals surface area contributed by atoms with Gasteiger partial charge in [0.05, 0.1) is 12.2 Å². The van der Waals surface area contributed by atoms with Crippen molar-refractivity contribution in [2.75, 3.05) is 37.8 Å². The average Bonchev–Trinajstić information content (AvgIpc) is 3.11. The van der Waals surface area contributed by atoms with E-state index in [2.05, 4.69) is 51.6 Å². The van der Waals surface area contributed by atoms with Gasteiger partial charge < -0.3 is 15.5 Å². The van der Waals surface area contributed by atoms with Gasteiger partial charge in [0, 0.05) is 37.3 Å². The summed E-state index contributed by atoms with van der Waals surface area (Å²) in [5.41, 5.74) is 1.02. The number of nitrogens with zero attached hydrogens (tertiary/aromatic N) is 3. The topological polar surface area (TPSA) is 52.6 Å². The van der Waals surface area contributed by atoms with Gasteiger partial charge in [0.1, 0.15) is 0 Å². The normalized spacial score (nSPS) is 21.9. The SMILES string of the molecule is CCNC(=NCc1csc(N(C)C)n1)NCC1(C)CCCS1. The Balaban J connectivity index is 1.91. The first kappa shape index (κ1) is 17.4. The van der Waals surface area contributed by atoms with E-state index < -0.39 is 0 Å². The number of hydrogen-bond acceptors (Lipinski definition) is 5. The molecule has 0 aromatic carbocycles. The summed E-state index contributed by atoms with van der Waals surface area (Å²) in [6, 6.07) is 0. The first-order chi connectivity index (χ1) is 10.5. The lowest BCUT2D eigenvalue weighted by Crippen LogP contribution is -2.43. The number of aromatic nitrogens is 1. The third kappa shape index (κ3) is 5.05. The Bertz CT molecular complexity index is 492. The van der Waals surface area contributed by atoms with Crippen LogP contribution in [0.1, 0.15) is 32.4 Å². The maximum atomic E-state index is 4.66. The molecule has 0 spiro atoms. The molecule has 1 aromatic rings. The molecule has 22 heavy (non-hydrogen) atoms. The first-order valence-electron chi connectivity index (χ1n) is 7.80. The molecule has 7 heteroatoms. The highest BCUT2D eigenvalue weighted by atomic mass is 32.2. The lowest BCUT2D eigenvalue weighted by molar-refractivity contribution is 0.584. The van der Waals surface area contributed by atoms with E-state index in [1.165, 1.54) is 18.6 Å². The van der Waals surface area contributed by atoms with Gasteiger partial charge in [-0.05, 0) is 32.4 Å². The molecule has 2 heterocycles. The van der Waals surface area contributed by atoms with E-state index in [4.69, 9.17) is 0 Å². The second-order valence-electron chi connectivity index (χ2n) is 5.97. The van der Waals surface area contributed by atoms with Crippen molar-refractivity contribution in [3.63, 3.8) is 0 Å². The summed E-state index contributed by atoms with van der Waals surface area (Å²) in [5, 5.41) is 9.91. The number of nitrogens with one attached hydrogen (secondary N) is 2. The number of guanidine groups is 1. The molecule has 1 fully saturated rings. The molecule has 0 radical (unpaired) electrons. The largest absolute Gasteiger partial charge is 0.357 e. The molecule has 1 aliphatic heterocycles. The van der Waals surface area contributed by atoms with E-state index in [1.54, 1.807) is 11.3 Å². The zero-order valence-electron chi connectivity index (χ0n) is 14.0. The Labute approximate surface area is 142 Å². The number of hydrogen-bond donors (Lipinski definition) is 2. The van der Waals surface area contributed by atoms with Crippen LogP contribution >= 0.6 is 23.1 Å². The first-order valence-corrected chi connectivity index (χ1v) is 9.67.